The lowest BCUT2D eigenvalue weighted by Gasteiger charge is -2.27. The van der Waals surface area contributed by atoms with E-state index in [1.54, 1.807) is 0 Å². The topological polar surface area (TPSA) is 3.24 Å². The Bertz CT molecular complexity index is 58.0. The van der Waals surface area contributed by atoms with Crippen LogP contribution in [0.3, 0.4) is 0 Å². The van der Waals surface area contributed by atoms with Gasteiger partial charge in [0.1, 0.15) is 0 Å². The first-order valence-corrected chi connectivity index (χ1v) is 4.54. The maximum atomic E-state index is 2.53. The first kappa shape index (κ1) is 13.6. The van der Waals surface area contributed by atoms with Gasteiger partial charge in [0.25, 0.3) is 0 Å². The molecular formula is C9H21BN. The van der Waals surface area contributed by atoms with E-state index in [9.17, 15) is 0 Å². The Hall–Kier alpha value is 0.0249. The van der Waals surface area contributed by atoms with Crippen LogP contribution in [0.25, 0.3) is 0 Å². The van der Waals surface area contributed by atoms with Crippen molar-refractivity contribution in [2.24, 2.45) is 0 Å². The van der Waals surface area contributed by atoms with Gasteiger partial charge >= 0.3 is 0 Å². The molecule has 2 heteroatoms. The zero-order chi connectivity index (χ0) is 7.98. The highest BCUT2D eigenvalue weighted by Gasteiger charge is 2.09. The van der Waals surface area contributed by atoms with Gasteiger partial charge in [0.15, 0.2) is 0 Å². The molecule has 0 aliphatic heterocycles. The van der Waals surface area contributed by atoms with E-state index in [0.29, 0.717) is 0 Å². The average molecular weight is 154 g/mol. The van der Waals surface area contributed by atoms with Gasteiger partial charge in [0.05, 0.1) is 0 Å². The maximum absolute atomic E-state index is 2.53. The second-order valence-corrected chi connectivity index (χ2v) is 2.69. The van der Waals surface area contributed by atoms with E-state index in [4.69, 9.17) is 0 Å². The second-order valence-electron chi connectivity index (χ2n) is 2.69. The lowest BCUT2D eigenvalue weighted by Crippen LogP contribution is -2.33. The highest BCUT2D eigenvalue weighted by atomic mass is 15.1. The van der Waals surface area contributed by atoms with E-state index in [2.05, 4.69) is 32.6 Å². The van der Waals surface area contributed by atoms with Gasteiger partial charge in [0.2, 0.25) is 0 Å². The molecule has 3 radical (unpaired) electrons. The molecule has 0 N–H and O–H groups in total. The van der Waals surface area contributed by atoms with Crippen LogP contribution < -0.4 is 0 Å². The Balaban J connectivity index is 0. The third-order valence-electron chi connectivity index (χ3n) is 2.27. The molecule has 0 fully saturated rings. The van der Waals surface area contributed by atoms with Crippen molar-refractivity contribution in [3.8, 4) is 0 Å². The highest BCUT2D eigenvalue weighted by Crippen LogP contribution is 2.06. The molecule has 0 rings (SSSR count). The fourth-order valence-corrected chi connectivity index (χ4v) is 1.55. The van der Waals surface area contributed by atoms with Crippen LogP contribution in [0.5, 0.6) is 0 Å². The Morgan fingerprint density at radius 1 is 0.909 bits per heavy atom. The molecule has 0 spiro atoms. The third kappa shape index (κ3) is 4.46. The van der Waals surface area contributed by atoms with Crippen LogP contribution >= 0.6 is 0 Å². The summed E-state index contributed by atoms with van der Waals surface area (Å²) in [7, 11) is 0. The molecule has 0 saturated heterocycles. The molecule has 0 unspecified atom stereocenters. The summed E-state index contributed by atoms with van der Waals surface area (Å²) in [6.07, 6.45) is 2.58. The van der Waals surface area contributed by atoms with Gasteiger partial charge in [-0.15, -0.1) is 0 Å². The Kier molecular flexibility index (Phi) is 10.0. The average Bonchev–Trinajstić information content (AvgIpc) is 2.00. The minimum atomic E-state index is 0. The van der Waals surface area contributed by atoms with Gasteiger partial charge in [-0.25, -0.2) is 0 Å². The van der Waals surface area contributed by atoms with Crippen molar-refractivity contribution in [2.75, 3.05) is 13.1 Å². The van der Waals surface area contributed by atoms with Crippen molar-refractivity contribution >= 4 is 8.41 Å². The number of rotatable bonds is 5. The molecule has 1 nitrogen and oxygen atoms in total. The predicted molar refractivity (Wildman–Crippen MR) is 53.0 cm³/mol. The van der Waals surface area contributed by atoms with Crippen LogP contribution in [0.1, 0.15) is 40.5 Å². The smallest absolute Gasteiger partial charge is 0.00897 e. The van der Waals surface area contributed by atoms with Crippen molar-refractivity contribution in [1.82, 2.24) is 4.90 Å². The van der Waals surface area contributed by atoms with Crippen molar-refractivity contribution in [3.05, 3.63) is 0 Å². The standard InChI is InChI=1S/C9H21N.B/c1-5-9(6-2)10(7-3)8-4;/h9H,5-8H2,1-4H3;. The molecule has 0 saturated carbocycles. The van der Waals surface area contributed by atoms with E-state index in [-0.39, 0.29) is 8.41 Å². The van der Waals surface area contributed by atoms with Gasteiger partial charge in [-0.05, 0) is 25.9 Å². The number of hydrogen-bond acceptors (Lipinski definition) is 1. The first-order chi connectivity index (χ1) is 4.79. The zero-order valence-electron chi connectivity index (χ0n) is 8.43. The van der Waals surface area contributed by atoms with Crippen LogP contribution in [0.4, 0.5) is 0 Å². The number of nitrogens with zero attached hydrogens (tertiary/aromatic N) is 1. The van der Waals surface area contributed by atoms with Crippen molar-refractivity contribution in [3.63, 3.8) is 0 Å². The molecular weight excluding hydrogens is 133 g/mol. The van der Waals surface area contributed by atoms with Crippen LogP contribution in [0, 0.1) is 0 Å². The zero-order valence-corrected chi connectivity index (χ0v) is 8.43. The highest BCUT2D eigenvalue weighted by molar-refractivity contribution is 5.75. The Morgan fingerprint density at radius 3 is 1.36 bits per heavy atom. The second kappa shape index (κ2) is 8.12. The van der Waals surface area contributed by atoms with Crippen LogP contribution in [0.15, 0.2) is 0 Å². The lowest BCUT2D eigenvalue weighted by atomic mass is 10.1. The normalized spacial score (nSPS) is 10.4. The van der Waals surface area contributed by atoms with Crippen LogP contribution in [-0.2, 0) is 0 Å². The lowest BCUT2D eigenvalue weighted by molar-refractivity contribution is 0.206. The van der Waals surface area contributed by atoms with E-state index >= 15 is 0 Å². The summed E-state index contributed by atoms with van der Waals surface area (Å²) < 4.78 is 0. The van der Waals surface area contributed by atoms with Gasteiger partial charge in [-0.2, -0.15) is 0 Å². The first-order valence-electron chi connectivity index (χ1n) is 4.54. The molecule has 11 heavy (non-hydrogen) atoms. The molecule has 0 aliphatic carbocycles. The summed E-state index contributed by atoms with van der Waals surface area (Å²) in [5.74, 6) is 0. The quantitative estimate of drug-likeness (QED) is 0.548. The fourth-order valence-electron chi connectivity index (χ4n) is 1.55. The summed E-state index contributed by atoms with van der Waals surface area (Å²) >= 11 is 0. The van der Waals surface area contributed by atoms with E-state index in [1.807, 2.05) is 0 Å². The Labute approximate surface area is 73.7 Å². The van der Waals surface area contributed by atoms with E-state index < -0.39 is 0 Å². The van der Waals surface area contributed by atoms with Crippen molar-refractivity contribution < 1.29 is 0 Å². The SMILES string of the molecule is CCC(CC)N(CC)CC.[B]. The predicted octanol–water partition coefficient (Wildman–Crippen LogP) is 2.14. The fraction of sp³-hybridized carbons (Fsp3) is 1.00. The summed E-state index contributed by atoms with van der Waals surface area (Å²) in [6.45, 7) is 11.4. The maximum Gasteiger partial charge on any atom is 0.00897 e. The molecule has 0 amide bonds. The third-order valence-corrected chi connectivity index (χ3v) is 2.27. The summed E-state index contributed by atoms with van der Waals surface area (Å²) in [5, 5.41) is 0. The molecule has 65 valence electrons. The minimum absolute atomic E-state index is 0. The minimum Gasteiger partial charge on any atom is -0.301 e. The number of hydrogen-bond donors (Lipinski definition) is 0. The van der Waals surface area contributed by atoms with Gasteiger partial charge in [-0.1, -0.05) is 27.7 Å². The van der Waals surface area contributed by atoms with Crippen LogP contribution in [0.2, 0.25) is 0 Å². The van der Waals surface area contributed by atoms with Crippen molar-refractivity contribution in [1.29, 1.82) is 0 Å². The molecule has 0 aromatic heterocycles. The van der Waals surface area contributed by atoms with E-state index in [1.165, 1.54) is 25.9 Å². The summed E-state index contributed by atoms with van der Waals surface area (Å²) in [5.41, 5.74) is 0. The monoisotopic (exact) mass is 154 g/mol. The van der Waals surface area contributed by atoms with E-state index in [0.717, 1.165) is 6.04 Å². The van der Waals surface area contributed by atoms with Gasteiger partial charge < -0.3 is 4.90 Å². The molecule has 0 aromatic carbocycles. The van der Waals surface area contributed by atoms with Gasteiger partial charge in [0, 0.05) is 14.5 Å². The summed E-state index contributed by atoms with van der Waals surface area (Å²) in [4.78, 5) is 2.53. The Morgan fingerprint density at radius 2 is 1.27 bits per heavy atom. The van der Waals surface area contributed by atoms with Gasteiger partial charge in [-0.3, -0.25) is 0 Å². The molecule has 0 atom stereocenters. The summed E-state index contributed by atoms with van der Waals surface area (Å²) in [6, 6.07) is 0.815. The van der Waals surface area contributed by atoms with Crippen molar-refractivity contribution in [2.45, 2.75) is 46.6 Å². The largest absolute Gasteiger partial charge is 0.301 e. The molecule has 0 aliphatic rings. The van der Waals surface area contributed by atoms with Crippen LogP contribution in [-0.4, -0.2) is 32.4 Å². The molecule has 0 bridgehead atoms. The molecule has 0 heterocycles. The molecule has 0 aromatic rings.